The molecule has 0 saturated carbocycles. The number of hydrazone groups is 1. The number of alkyl halides is 3. The summed E-state index contributed by atoms with van der Waals surface area (Å²) in [5.74, 6) is -0.0735. The van der Waals surface area contributed by atoms with Crippen LogP contribution in [-0.2, 0) is 6.18 Å². The molecule has 0 aliphatic heterocycles. The Morgan fingerprint density at radius 3 is 2.55 bits per heavy atom. The number of nitrogens with one attached hydrogen (secondary N) is 1. The Bertz CT molecular complexity index is 951. The number of thiocarbonyl (C=S) groups is 1. The van der Waals surface area contributed by atoms with Crippen LogP contribution >= 0.6 is 12.2 Å². The van der Waals surface area contributed by atoms with Crippen molar-refractivity contribution in [3.63, 3.8) is 0 Å². The second-order valence-electron chi connectivity index (χ2n) is 5.41. The van der Waals surface area contributed by atoms with Crippen LogP contribution in [-0.4, -0.2) is 22.9 Å². The van der Waals surface area contributed by atoms with E-state index in [1.54, 1.807) is 13.0 Å². The van der Waals surface area contributed by atoms with Crippen molar-refractivity contribution in [2.45, 2.75) is 13.1 Å². The maximum absolute atomic E-state index is 12.8. The van der Waals surface area contributed by atoms with Crippen molar-refractivity contribution in [1.82, 2.24) is 5.43 Å². The Morgan fingerprint density at radius 2 is 1.97 bits per heavy atom. The number of nitro groups is 1. The normalized spacial score (nSPS) is 11.3. The van der Waals surface area contributed by atoms with Crippen LogP contribution in [0, 0.1) is 10.1 Å². The summed E-state index contributed by atoms with van der Waals surface area (Å²) in [6.45, 7) is 1.96. The van der Waals surface area contributed by atoms with E-state index in [1.165, 1.54) is 18.3 Å². The highest BCUT2D eigenvalue weighted by atomic mass is 32.1. The number of nitrogens with two attached hydrogens (primary N) is 1. The van der Waals surface area contributed by atoms with Gasteiger partial charge in [-0.25, -0.2) is 0 Å². The topological polar surface area (TPSA) is 112 Å². The fraction of sp³-hybridized carbons (Fsp3) is 0.176. The maximum atomic E-state index is 12.8. The second kappa shape index (κ2) is 9.19. The molecule has 0 heterocycles. The van der Waals surface area contributed by atoms with E-state index in [0.29, 0.717) is 17.7 Å². The van der Waals surface area contributed by atoms with Crippen molar-refractivity contribution >= 4 is 29.2 Å². The monoisotopic (exact) mass is 428 g/mol. The summed E-state index contributed by atoms with van der Waals surface area (Å²) < 4.78 is 49.4. The average Bonchev–Trinajstić information content (AvgIpc) is 2.63. The molecule has 8 nitrogen and oxygen atoms in total. The molecule has 2 aromatic carbocycles. The number of halogens is 3. The zero-order valence-electron chi connectivity index (χ0n) is 14.9. The minimum Gasteiger partial charge on any atom is -0.490 e. The first-order valence-electron chi connectivity index (χ1n) is 8.00. The molecule has 0 unspecified atom stereocenters. The van der Waals surface area contributed by atoms with E-state index in [-0.39, 0.29) is 29.0 Å². The van der Waals surface area contributed by atoms with Gasteiger partial charge >= 0.3 is 11.9 Å². The third-order valence-electron chi connectivity index (χ3n) is 3.36. The van der Waals surface area contributed by atoms with Crippen LogP contribution in [0.15, 0.2) is 41.5 Å². The highest BCUT2D eigenvalue weighted by Crippen LogP contribution is 2.40. The summed E-state index contributed by atoms with van der Waals surface area (Å²) in [4.78, 5) is 10.3. The molecule has 0 radical (unpaired) electrons. The molecule has 0 aliphatic carbocycles. The van der Waals surface area contributed by atoms with E-state index in [1.807, 2.05) is 0 Å². The largest absolute Gasteiger partial charge is 0.490 e. The lowest BCUT2D eigenvalue weighted by Gasteiger charge is -2.13. The summed E-state index contributed by atoms with van der Waals surface area (Å²) in [7, 11) is 0. The van der Waals surface area contributed by atoms with Gasteiger partial charge in [-0.15, -0.1) is 0 Å². The average molecular weight is 428 g/mol. The number of nitro benzene ring substituents is 1. The molecule has 154 valence electrons. The summed E-state index contributed by atoms with van der Waals surface area (Å²) in [5.41, 5.74) is 6.22. The summed E-state index contributed by atoms with van der Waals surface area (Å²) >= 11 is 4.62. The predicted octanol–water partition coefficient (Wildman–Crippen LogP) is 3.97. The molecule has 0 amide bonds. The molecular formula is C17H15F3N4O4S. The third kappa shape index (κ3) is 6.04. The number of nitrogens with zero attached hydrogens (tertiary/aromatic N) is 2. The van der Waals surface area contributed by atoms with Crippen LogP contribution < -0.4 is 20.6 Å². The van der Waals surface area contributed by atoms with Gasteiger partial charge < -0.3 is 15.2 Å². The van der Waals surface area contributed by atoms with Gasteiger partial charge in [0.2, 0.25) is 5.75 Å². The highest BCUT2D eigenvalue weighted by molar-refractivity contribution is 7.80. The van der Waals surface area contributed by atoms with Crippen molar-refractivity contribution in [2.24, 2.45) is 10.8 Å². The van der Waals surface area contributed by atoms with E-state index >= 15 is 0 Å². The second-order valence-corrected chi connectivity index (χ2v) is 5.85. The van der Waals surface area contributed by atoms with E-state index < -0.39 is 22.4 Å². The Labute approximate surface area is 168 Å². The quantitative estimate of drug-likeness (QED) is 0.297. The number of rotatable bonds is 7. The molecule has 2 aromatic rings. The van der Waals surface area contributed by atoms with Crippen molar-refractivity contribution in [3.8, 4) is 17.2 Å². The molecule has 0 atom stereocenters. The first-order valence-corrected chi connectivity index (χ1v) is 8.41. The van der Waals surface area contributed by atoms with Crippen LogP contribution in [0.3, 0.4) is 0 Å². The molecule has 12 heteroatoms. The van der Waals surface area contributed by atoms with Gasteiger partial charge in [-0.2, -0.15) is 18.3 Å². The standard InChI is InChI=1S/C17H15F3N4O4S/c1-2-27-15-7-10(9-22-23-16(21)29)3-5-14(15)28-13-6-4-11(17(18,19)20)8-12(13)24(25)26/h3-9H,2H2,1H3,(H3,21,23,29). The van der Waals surface area contributed by atoms with Crippen LogP contribution in [0.1, 0.15) is 18.1 Å². The van der Waals surface area contributed by atoms with E-state index in [4.69, 9.17) is 15.2 Å². The molecule has 0 aromatic heterocycles. The fourth-order valence-corrected chi connectivity index (χ4v) is 2.22. The Hall–Kier alpha value is -3.41. The van der Waals surface area contributed by atoms with Crippen molar-refractivity contribution in [2.75, 3.05) is 6.61 Å². The summed E-state index contributed by atoms with van der Waals surface area (Å²) in [6, 6.07) is 6.52. The van der Waals surface area contributed by atoms with Crippen LogP contribution in [0.4, 0.5) is 18.9 Å². The van der Waals surface area contributed by atoms with Gasteiger partial charge in [-0.3, -0.25) is 15.5 Å². The summed E-state index contributed by atoms with van der Waals surface area (Å²) in [6.07, 6.45) is -3.33. The minimum absolute atomic E-state index is 0.0270. The molecule has 0 fully saturated rings. The molecular weight excluding hydrogens is 413 g/mol. The lowest BCUT2D eigenvalue weighted by molar-refractivity contribution is -0.385. The van der Waals surface area contributed by atoms with Crippen molar-refractivity contribution < 1.29 is 27.6 Å². The first-order chi connectivity index (χ1) is 13.6. The van der Waals surface area contributed by atoms with Gasteiger partial charge in [0.05, 0.1) is 23.3 Å². The first kappa shape index (κ1) is 21.9. The number of hydrogen-bond donors (Lipinski definition) is 2. The third-order valence-corrected chi connectivity index (χ3v) is 3.45. The number of hydrogen-bond acceptors (Lipinski definition) is 6. The van der Waals surface area contributed by atoms with Crippen LogP contribution in [0.2, 0.25) is 0 Å². The maximum Gasteiger partial charge on any atom is 0.416 e. The van der Waals surface area contributed by atoms with Gasteiger partial charge in [0.1, 0.15) is 0 Å². The fourth-order valence-electron chi connectivity index (χ4n) is 2.17. The van der Waals surface area contributed by atoms with E-state index in [0.717, 1.165) is 6.07 Å². The van der Waals surface area contributed by atoms with Gasteiger partial charge in [0.25, 0.3) is 0 Å². The molecule has 0 aliphatic rings. The summed E-state index contributed by atoms with van der Waals surface area (Å²) in [5, 5.41) is 15.0. The van der Waals surface area contributed by atoms with Gasteiger partial charge in [0.15, 0.2) is 16.6 Å². The van der Waals surface area contributed by atoms with Gasteiger partial charge in [0, 0.05) is 6.07 Å². The molecule has 3 N–H and O–H groups in total. The smallest absolute Gasteiger partial charge is 0.416 e. The predicted molar refractivity (Wildman–Crippen MR) is 103 cm³/mol. The van der Waals surface area contributed by atoms with E-state index in [9.17, 15) is 23.3 Å². The molecule has 0 saturated heterocycles. The molecule has 29 heavy (non-hydrogen) atoms. The van der Waals surface area contributed by atoms with Crippen molar-refractivity contribution in [1.29, 1.82) is 0 Å². The molecule has 0 spiro atoms. The van der Waals surface area contributed by atoms with Gasteiger partial charge in [-0.05, 0) is 55.0 Å². The zero-order valence-corrected chi connectivity index (χ0v) is 15.7. The lowest BCUT2D eigenvalue weighted by atomic mass is 10.1. The van der Waals surface area contributed by atoms with E-state index in [2.05, 4.69) is 22.7 Å². The Morgan fingerprint density at radius 1 is 1.28 bits per heavy atom. The lowest BCUT2D eigenvalue weighted by Crippen LogP contribution is -2.23. The Balaban J connectivity index is 2.38. The molecule has 0 bridgehead atoms. The SMILES string of the molecule is CCOc1cc(C=NNC(N)=S)ccc1Oc1ccc(C(F)(F)F)cc1[N+](=O)[O-]. The Kier molecular flexibility index (Phi) is 6.93. The minimum atomic E-state index is -4.72. The van der Waals surface area contributed by atoms with Crippen LogP contribution in [0.25, 0.3) is 0 Å². The number of ether oxygens (including phenoxy) is 2. The highest BCUT2D eigenvalue weighted by Gasteiger charge is 2.33. The van der Waals surface area contributed by atoms with Crippen molar-refractivity contribution in [3.05, 3.63) is 57.6 Å². The number of benzene rings is 2. The van der Waals surface area contributed by atoms with Crippen LogP contribution in [0.5, 0.6) is 17.2 Å². The zero-order chi connectivity index (χ0) is 21.6. The molecule has 2 rings (SSSR count). The van der Waals surface area contributed by atoms with Gasteiger partial charge in [-0.1, -0.05) is 0 Å².